The monoisotopic (exact) mass is 335 g/mol. The van der Waals surface area contributed by atoms with Crippen molar-refractivity contribution in [3.8, 4) is 5.75 Å². The first-order valence-electron chi connectivity index (χ1n) is 7.99. The second-order valence-electron chi connectivity index (χ2n) is 5.79. The van der Waals surface area contributed by atoms with Crippen LogP contribution in [-0.2, 0) is 19.0 Å². The van der Waals surface area contributed by atoms with Crippen molar-refractivity contribution in [2.75, 3.05) is 40.0 Å². The van der Waals surface area contributed by atoms with Crippen LogP contribution in [0.3, 0.4) is 0 Å². The van der Waals surface area contributed by atoms with Gasteiger partial charge >= 0.3 is 5.97 Å². The van der Waals surface area contributed by atoms with Crippen LogP contribution in [0.2, 0.25) is 0 Å². The first-order valence-corrected chi connectivity index (χ1v) is 7.99. The molecule has 0 atom stereocenters. The minimum Gasteiger partial charge on any atom is -0.484 e. The molecule has 3 rings (SSSR count). The number of carbonyl (C=O) groups excluding carboxylic acids is 2. The van der Waals surface area contributed by atoms with Crippen LogP contribution >= 0.6 is 0 Å². The SMILES string of the molecule is COC(=O)c1ccc(OCC(=O)N2CCC3(CC2)OCCO3)cc1. The number of nitrogens with zero attached hydrogens (tertiary/aromatic N) is 1. The summed E-state index contributed by atoms with van der Waals surface area (Å²) in [6.07, 6.45) is 1.37. The second kappa shape index (κ2) is 7.19. The van der Waals surface area contributed by atoms with E-state index in [2.05, 4.69) is 4.74 Å². The van der Waals surface area contributed by atoms with Gasteiger partial charge in [-0.3, -0.25) is 4.79 Å². The summed E-state index contributed by atoms with van der Waals surface area (Å²) < 4.78 is 21.4. The summed E-state index contributed by atoms with van der Waals surface area (Å²) in [5, 5.41) is 0. The van der Waals surface area contributed by atoms with Crippen molar-refractivity contribution >= 4 is 11.9 Å². The minimum absolute atomic E-state index is 0.0354. The highest BCUT2D eigenvalue weighted by atomic mass is 16.7. The number of ether oxygens (including phenoxy) is 4. The molecule has 24 heavy (non-hydrogen) atoms. The zero-order valence-electron chi connectivity index (χ0n) is 13.7. The molecule has 7 heteroatoms. The van der Waals surface area contributed by atoms with Crippen LogP contribution in [-0.4, -0.2) is 62.6 Å². The van der Waals surface area contributed by atoms with Crippen molar-refractivity contribution < 1.29 is 28.5 Å². The summed E-state index contributed by atoms with van der Waals surface area (Å²) >= 11 is 0. The van der Waals surface area contributed by atoms with E-state index in [9.17, 15) is 9.59 Å². The van der Waals surface area contributed by atoms with Crippen molar-refractivity contribution in [1.82, 2.24) is 4.90 Å². The number of rotatable bonds is 4. The topological polar surface area (TPSA) is 74.3 Å². The predicted octanol–water partition coefficient (Wildman–Crippen LogP) is 1.22. The lowest BCUT2D eigenvalue weighted by molar-refractivity contribution is -0.187. The molecule has 1 spiro atoms. The molecule has 0 bridgehead atoms. The zero-order valence-corrected chi connectivity index (χ0v) is 13.7. The van der Waals surface area contributed by atoms with Gasteiger partial charge < -0.3 is 23.8 Å². The Morgan fingerprint density at radius 3 is 2.33 bits per heavy atom. The van der Waals surface area contributed by atoms with E-state index in [0.29, 0.717) is 50.5 Å². The molecular formula is C17H21NO6. The Bertz CT molecular complexity index is 584. The Morgan fingerprint density at radius 2 is 1.75 bits per heavy atom. The van der Waals surface area contributed by atoms with Crippen LogP contribution in [0.4, 0.5) is 0 Å². The van der Waals surface area contributed by atoms with Gasteiger partial charge in [0.1, 0.15) is 5.75 Å². The lowest BCUT2D eigenvalue weighted by atomic mass is 10.0. The largest absolute Gasteiger partial charge is 0.484 e. The Morgan fingerprint density at radius 1 is 1.12 bits per heavy atom. The second-order valence-corrected chi connectivity index (χ2v) is 5.79. The maximum absolute atomic E-state index is 12.2. The smallest absolute Gasteiger partial charge is 0.337 e. The van der Waals surface area contributed by atoms with Crippen LogP contribution in [0, 0.1) is 0 Å². The Kier molecular flexibility index (Phi) is 5.01. The molecule has 0 aliphatic carbocycles. The standard InChI is InChI=1S/C17H21NO6/c1-21-16(20)13-2-4-14(5-3-13)22-12-15(19)18-8-6-17(7-9-18)23-10-11-24-17/h2-5H,6-12H2,1H3. The van der Waals surface area contributed by atoms with Crippen LogP contribution in [0.15, 0.2) is 24.3 Å². The average molecular weight is 335 g/mol. The van der Waals surface area contributed by atoms with Gasteiger partial charge in [0.25, 0.3) is 5.91 Å². The van der Waals surface area contributed by atoms with Crippen molar-refractivity contribution in [3.05, 3.63) is 29.8 Å². The van der Waals surface area contributed by atoms with Crippen LogP contribution in [0.1, 0.15) is 23.2 Å². The van der Waals surface area contributed by atoms with Crippen LogP contribution in [0.25, 0.3) is 0 Å². The molecular weight excluding hydrogens is 314 g/mol. The summed E-state index contributed by atoms with van der Waals surface area (Å²) in [4.78, 5) is 25.4. The number of carbonyl (C=O) groups is 2. The third-order valence-electron chi connectivity index (χ3n) is 4.33. The maximum Gasteiger partial charge on any atom is 0.337 e. The van der Waals surface area contributed by atoms with Crippen molar-refractivity contribution in [2.24, 2.45) is 0 Å². The summed E-state index contributed by atoms with van der Waals surface area (Å²) in [7, 11) is 1.33. The molecule has 1 amide bonds. The lowest BCUT2D eigenvalue weighted by Crippen LogP contribution is -2.48. The number of likely N-dealkylation sites (tertiary alicyclic amines) is 1. The fourth-order valence-electron chi connectivity index (χ4n) is 2.92. The highest BCUT2D eigenvalue weighted by Crippen LogP contribution is 2.31. The highest BCUT2D eigenvalue weighted by Gasteiger charge is 2.40. The van der Waals surface area contributed by atoms with E-state index >= 15 is 0 Å². The van der Waals surface area contributed by atoms with E-state index in [0.717, 1.165) is 0 Å². The quantitative estimate of drug-likeness (QED) is 0.770. The number of hydrogen-bond donors (Lipinski definition) is 0. The number of methoxy groups -OCH3 is 1. The molecule has 0 N–H and O–H groups in total. The van der Waals surface area contributed by atoms with Crippen molar-refractivity contribution in [1.29, 1.82) is 0 Å². The van der Waals surface area contributed by atoms with Gasteiger partial charge in [0.2, 0.25) is 0 Å². The normalized spacial score (nSPS) is 19.3. The molecule has 2 heterocycles. The Hall–Kier alpha value is -2.12. The summed E-state index contributed by atoms with van der Waals surface area (Å²) in [6, 6.07) is 6.49. The molecule has 2 fully saturated rings. The molecule has 130 valence electrons. The van der Waals surface area contributed by atoms with Gasteiger partial charge in [0.15, 0.2) is 12.4 Å². The Balaban J connectivity index is 1.46. The molecule has 2 saturated heterocycles. The molecule has 0 aromatic heterocycles. The van der Waals surface area contributed by atoms with E-state index in [1.54, 1.807) is 29.2 Å². The fraction of sp³-hybridized carbons (Fsp3) is 0.529. The number of amides is 1. The number of benzene rings is 1. The summed E-state index contributed by atoms with van der Waals surface area (Å²) in [6.45, 7) is 2.41. The number of piperidine rings is 1. The predicted molar refractivity (Wildman–Crippen MR) is 83.7 cm³/mol. The third kappa shape index (κ3) is 3.68. The first-order chi connectivity index (χ1) is 11.6. The molecule has 2 aliphatic heterocycles. The van der Waals surface area contributed by atoms with Crippen LogP contribution < -0.4 is 4.74 Å². The summed E-state index contributed by atoms with van der Waals surface area (Å²) in [5.74, 6) is -0.426. The van der Waals surface area contributed by atoms with Crippen LogP contribution in [0.5, 0.6) is 5.75 Å². The zero-order chi connectivity index (χ0) is 17.0. The van der Waals surface area contributed by atoms with E-state index < -0.39 is 11.8 Å². The summed E-state index contributed by atoms with van der Waals surface area (Å²) in [5.41, 5.74) is 0.439. The fourth-order valence-corrected chi connectivity index (χ4v) is 2.92. The maximum atomic E-state index is 12.2. The first kappa shape index (κ1) is 16.7. The molecule has 0 saturated carbocycles. The van der Waals surface area contributed by atoms with Gasteiger partial charge in [-0.05, 0) is 24.3 Å². The van der Waals surface area contributed by atoms with E-state index in [4.69, 9.17) is 14.2 Å². The number of hydrogen-bond acceptors (Lipinski definition) is 6. The minimum atomic E-state index is -0.485. The Labute approximate surface area is 140 Å². The van der Waals surface area contributed by atoms with Gasteiger partial charge in [-0.15, -0.1) is 0 Å². The molecule has 2 aliphatic rings. The lowest BCUT2D eigenvalue weighted by Gasteiger charge is -2.37. The van der Waals surface area contributed by atoms with Crippen molar-refractivity contribution in [3.63, 3.8) is 0 Å². The molecule has 0 unspecified atom stereocenters. The van der Waals surface area contributed by atoms with Crippen molar-refractivity contribution in [2.45, 2.75) is 18.6 Å². The van der Waals surface area contributed by atoms with Gasteiger partial charge in [-0.25, -0.2) is 4.79 Å². The van der Waals surface area contributed by atoms with E-state index in [1.165, 1.54) is 7.11 Å². The van der Waals surface area contributed by atoms with E-state index in [-0.39, 0.29) is 12.5 Å². The van der Waals surface area contributed by atoms with Gasteiger partial charge in [-0.2, -0.15) is 0 Å². The highest BCUT2D eigenvalue weighted by molar-refractivity contribution is 5.89. The molecule has 1 aromatic rings. The molecule has 1 aromatic carbocycles. The average Bonchev–Trinajstić information content (AvgIpc) is 3.08. The van der Waals surface area contributed by atoms with Gasteiger partial charge in [-0.1, -0.05) is 0 Å². The number of esters is 1. The van der Waals surface area contributed by atoms with Gasteiger partial charge in [0, 0.05) is 25.9 Å². The van der Waals surface area contributed by atoms with E-state index in [1.807, 2.05) is 0 Å². The van der Waals surface area contributed by atoms with Gasteiger partial charge in [0.05, 0.1) is 25.9 Å². The third-order valence-corrected chi connectivity index (χ3v) is 4.33. The molecule has 7 nitrogen and oxygen atoms in total. The molecule has 0 radical (unpaired) electrons.